The van der Waals surface area contributed by atoms with Gasteiger partial charge in [-0.3, -0.25) is 20.4 Å². The minimum absolute atomic E-state index is 0.235. The normalized spacial score (nSPS) is 10.2. The van der Waals surface area contributed by atoms with Gasteiger partial charge in [0.05, 0.1) is 27.4 Å². The van der Waals surface area contributed by atoms with Gasteiger partial charge in [-0.25, -0.2) is 0 Å². The zero-order valence-corrected chi connectivity index (χ0v) is 16.7. The highest BCUT2D eigenvalue weighted by Gasteiger charge is 2.17. The molecule has 0 unspecified atom stereocenters. The van der Waals surface area contributed by atoms with Crippen molar-refractivity contribution in [2.24, 2.45) is 0 Å². The van der Waals surface area contributed by atoms with Crippen LogP contribution in [0.1, 0.15) is 33.4 Å². The lowest BCUT2D eigenvalue weighted by Crippen LogP contribution is -2.41. The Morgan fingerprint density at radius 3 is 2.56 bits per heavy atom. The van der Waals surface area contributed by atoms with Crippen LogP contribution in [0.3, 0.4) is 0 Å². The van der Waals surface area contributed by atoms with Gasteiger partial charge >= 0.3 is 0 Å². The summed E-state index contributed by atoms with van der Waals surface area (Å²) < 4.78 is 11.6. The summed E-state index contributed by atoms with van der Waals surface area (Å²) in [4.78, 5) is 24.7. The Balaban J connectivity index is 2.08. The summed E-state index contributed by atoms with van der Waals surface area (Å²) in [7, 11) is 1.46. The average molecular weight is 448 g/mol. The number of ether oxygens (including phenoxy) is 2. The topological polar surface area (TPSA) is 76.7 Å². The zero-order chi connectivity index (χ0) is 18.4. The fourth-order valence-corrected chi connectivity index (χ4v) is 3.43. The lowest BCUT2D eigenvalue weighted by atomic mass is 10.2. The molecule has 9 heteroatoms. The number of methoxy groups -OCH3 is 1. The minimum atomic E-state index is -0.522. The molecule has 6 nitrogen and oxygen atoms in total. The van der Waals surface area contributed by atoms with E-state index in [-0.39, 0.29) is 10.6 Å². The second-order valence-corrected chi connectivity index (χ2v) is 7.72. The number of carbonyl (C=O) groups is 2. The number of benzene rings is 1. The maximum absolute atomic E-state index is 12.2. The molecule has 0 atom stereocenters. The van der Waals surface area contributed by atoms with Crippen molar-refractivity contribution in [3.05, 3.63) is 43.5 Å². The maximum atomic E-state index is 12.2. The van der Waals surface area contributed by atoms with Crippen LogP contribution in [0.25, 0.3) is 0 Å². The van der Waals surface area contributed by atoms with E-state index < -0.39 is 11.8 Å². The Kier molecular flexibility index (Phi) is 7.10. The molecule has 0 saturated heterocycles. The molecule has 25 heavy (non-hydrogen) atoms. The highest BCUT2D eigenvalue weighted by molar-refractivity contribution is 9.11. The fourth-order valence-electron chi connectivity index (χ4n) is 1.88. The largest absolute Gasteiger partial charge is 0.493 e. The van der Waals surface area contributed by atoms with Crippen LogP contribution in [0.15, 0.2) is 28.1 Å². The predicted molar refractivity (Wildman–Crippen MR) is 101 cm³/mol. The second kappa shape index (κ2) is 9.07. The molecule has 2 rings (SSSR count). The third kappa shape index (κ3) is 5.10. The van der Waals surface area contributed by atoms with Crippen molar-refractivity contribution in [3.8, 4) is 11.5 Å². The third-order valence-electron chi connectivity index (χ3n) is 3.03. The SMILES string of the molecule is CCCOc1c(Cl)cc(C(=O)NNC(=O)c2ccc(Br)s2)cc1OC. The molecule has 0 radical (unpaired) electrons. The number of rotatable bonds is 6. The number of hydrazine groups is 1. The van der Waals surface area contributed by atoms with Crippen molar-refractivity contribution >= 4 is 50.7 Å². The van der Waals surface area contributed by atoms with Gasteiger partial charge < -0.3 is 9.47 Å². The van der Waals surface area contributed by atoms with Crippen molar-refractivity contribution in [2.45, 2.75) is 13.3 Å². The van der Waals surface area contributed by atoms with Gasteiger partial charge in [-0.05, 0) is 46.6 Å². The summed E-state index contributed by atoms with van der Waals surface area (Å²) >= 11 is 10.7. The van der Waals surface area contributed by atoms with Crippen molar-refractivity contribution in [1.82, 2.24) is 10.9 Å². The molecule has 0 aliphatic heterocycles. The third-order valence-corrected chi connectivity index (χ3v) is 4.93. The van der Waals surface area contributed by atoms with E-state index in [1.165, 1.54) is 30.6 Å². The Labute approximate surface area is 162 Å². The number of amides is 2. The second-order valence-electron chi connectivity index (χ2n) is 4.85. The lowest BCUT2D eigenvalue weighted by Gasteiger charge is -2.14. The van der Waals surface area contributed by atoms with E-state index in [1.54, 1.807) is 12.1 Å². The van der Waals surface area contributed by atoms with E-state index in [0.717, 1.165) is 10.2 Å². The van der Waals surface area contributed by atoms with Crippen LogP contribution < -0.4 is 20.3 Å². The van der Waals surface area contributed by atoms with Crippen molar-refractivity contribution in [3.63, 3.8) is 0 Å². The zero-order valence-electron chi connectivity index (χ0n) is 13.5. The van der Waals surface area contributed by atoms with Crippen LogP contribution in [0, 0.1) is 0 Å². The highest BCUT2D eigenvalue weighted by atomic mass is 79.9. The molecule has 2 aromatic rings. The molecular formula is C16H16BrClN2O4S. The van der Waals surface area contributed by atoms with Gasteiger partial charge in [-0.15, -0.1) is 11.3 Å². The molecule has 0 aliphatic rings. The maximum Gasteiger partial charge on any atom is 0.279 e. The van der Waals surface area contributed by atoms with Crippen LogP contribution in [0.5, 0.6) is 11.5 Å². The van der Waals surface area contributed by atoms with Gasteiger partial charge in [0.1, 0.15) is 0 Å². The van der Waals surface area contributed by atoms with Crippen LogP contribution in [-0.2, 0) is 0 Å². The summed E-state index contributed by atoms with van der Waals surface area (Å²) in [6, 6.07) is 6.36. The van der Waals surface area contributed by atoms with Gasteiger partial charge in [-0.1, -0.05) is 18.5 Å². The molecule has 2 N–H and O–H groups in total. The molecule has 134 valence electrons. The first-order chi connectivity index (χ1) is 12.0. The van der Waals surface area contributed by atoms with Crippen LogP contribution in [0.4, 0.5) is 0 Å². The first-order valence-electron chi connectivity index (χ1n) is 7.32. The van der Waals surface area contributed by atoms with Gasteiger partial charge in [0.25, 0.3) is 11.8 Å². The van der Waals surface area contributed by atoms with Crippen LogP contribution in [0.2, 0.25) is 5.02 Å². The molecule has 2 amide bonds. The summed E-state index contributed by atoms with van der Waals surface area (Å²) in [5.41, 5.74) is 4.93. The standard InChI is InChI=1S/C16H16BrClN2O4S/c1-3-6-24-14-10(18)7-9(8-11(14)23-2)15(21)19-20-16(22)12-4-5-13(17)25-12/h4-5,7-8H,3,6H2,1-2H3,(H,19,21)(H,20,22). The summed E-state index contributed by atoms with van der Waals surface area (Å²) in [6.45, 7) is 2.45. The molecule has 1 aromatic heterocycles. The first-order valence-corrected chi connectivity index (χ1v) is 9.31. The van der Waals surface area contributed by atoms with Gasteiger partial charge in [0.15, 0.2) is 11.5 Å². The van der Waals surface area contributed by atoms with Crippen molar-refractivity contribution in [1.29, 1.82) is 0 Å². The number of thiophene rings is 1. The molecule has 1 aromatic carbocycles. The predicted octanol–water partition coefficient (Wildman–Crippen LogP) is 4.04. The van der Waals surface area contributed by atoms with E-state index in [0.29, 0.717) is 23.0 Å². The summed E-state index contributed by atoms with van der Waals surface area (Å²) in [5.74, 6) is -0.203. The summed E-state index contributed by atoms with van der Waals surface area (Å²) in [6.07, 6.45) is 0.812. The van der Waals surface area contributed by atoms with Gasteiger partial charge in [0.2, 0.25) is 0 Å². The molecular weight excluding hydrogens is 432 g/mol. The molecule has 0 bridgehead atoms. The van der Waals surface area contributed by atoms with Gasteiger partial charge in [0, 0.05) is 5.56 Å². The summed E-state index contributed by atoms with van der Waals surface area (Å²) in [5, 5.41) is 0.256. The van der Waals surface area contributed by atoms with Crippen LogP contribution in [-0.4, -0.2) is 25.5 Å². The molecule has 1 heterocycles. The van der Waals surface area contributed by atoms with E-state index in [4.69, 9.17) is 21.1 Å². The number of hydrogen-bond acceptors (Lipinski definition) is 5. The number of hydrogen-bond donors (Lipinski definition) is 2. The molecule has 0 spiro atoms. The van der Waals surface area contributed by atoms with E-state index in [9.17, 15) is 9.59 Å². The highest BCUT2D eigenvalue weighted by Crippen LogP contribution is 2.36. The monoisotopic (exact) mass is 446 g/mol. The smallest absolute Gasteiger partial charge is 0.279 e. The molecule has 0 saturated carbocycles. The van der Waals surface area contributed by atoms with Crippen LogP contribution >= 0.6 is 38.9 Å². The number of halogens is 2. The van der Waals surface area contributed by atoms with E-state index in [2.05, 4.69) is 26.8 Å². The molecule has 0 aliphatic carbocycles. The quantitative estimate of drug-likeness (QED) is 0.655. The fraction of sp³-hybridized carbons (Fsp3) is 0.250. The number of nitrogens with one attached hydrogen (secondary N) is 2. The Hall–Kier alpha value is -1.77. The van der Waals surface area contributed by atoms with E-state index >= 15 is 0 Å². The Bertz CT molecular complexity index is 781. The first kappa shape index (κ1) is 19.6. The van der Waals surface area contributed by atoms with Crippen molar-refractivity contribution < 1.29 is 19.1 Å². The van der Waals surface area contributed by atoms with E-state index in [1.807, 2.05) is 6.92 Å². The minimum Gasteiger partial charge on any atom is -0.493 e. The Morgan fingerprint density at radius 1 is 1.24 bits per heavy atom. The van der Waals surface area contributed by atoms with Gasteiger partial charge in [-0.2, -0.15) is 0 Å². The Morgan fingerprint density at radius 2 is 1.96 bits per heavy atom. The lowest BCUT2D eigenvalue weighted by molar-refractivity contribution is 0.0848. The number of carbonyl (C=O) groups excluding carboxylic acids is 2. The average Bonchev–Trinajstić information content (AvgIpc) is 3.04. The van der Waals surface area contributed by atoms with Crippen molar-refractivity contribution in [2.75, 3.05) is 13.7 Å². The molecule has 0 fully saturated rings.